The summed E-state index contributed by atoms with van der Waals surface area (Å²) in [7, 11) is 3.10. The third kappa shape index (κ3) is 3.99. The molecule has 0 radical (unpaired) electrons. The number of benzene rings is 1. The molecular formula is C19H21NO5S. The van der Waals surface area contributed by atoms with Gasteiger partial charge in [0.15, 0.2) is 0 Å². The largest absolute Gasteiger partial charge is 0.497 e. The van der Waals surface area contributed by atoms with Crippen LogP contribution in [0.4, 0.5) is 0 Å². The number of carboxylic acids is 1. The molecule has 0 unspecified atom stereocenters. The molecule has 1 amide bonds. The lowest BCUT2D eigenvalue weighted by molar-refractivity contribution is -0.137. The molecule has 1 heterocycles. The highest BCUT2D eigenvalue weighted by Crippen LogP contribution is 2.32. The van der Waals surface area contributed by atoms with E-state index in [4.69, 9.17) is 9.47 Å². The maximum absolute atomic E-state index is 12.9. The number of amides is 1. The summed E-state index contributed by atoms with van der Waals surface area (Å²) in [6, 6.07) is 7.20. The minimum Gasteiger partial charge on any atom is -0.497 e. The minimum absolute atomic E-state index is 0.168. The van der Waals surface area contributed by atoms with Crippen molar-refractivity contribution in [2.45, 2.75) is 25.8 Å². The van der Waals surface area contributed by atoms with E-state index in [0.717, 1.165) is 24.8 Å². The van der Waals surface area contributed by atoms with Gasteiger partial charge in [-0.3, -0.25) is 9.59 Å². The Morgan fingerprint density at radius 2 is 1.81 bits per heavy atom. The van der Waals surface area contributed by atoms with E-state index in [9.17, 15) is 14.7 Å². The van der Waals surface area contributed by atoms with Crippen molar-refractivity contribution in [1.82, 2.24) is 4.90 Å². The van der Waals surface area contributed by atoms with E-state index in [2.05, 4.69) is 0 Å². The number of hydrogen-bond acceptors (Lipinski definition) is 5. The molecule has 1 aromatic carbocycles. The molecule has 0 saturated carbocycles. The van der Waals surface area contributed by atoms with Gasteiger partial charge in [0, 0.05) is 17.5 Å². The summed E-state index contributed by atoms with van der Waals surface area (Å²) in [5, 5.41) is 9.24. The van der Waals surface area contributed by atoms with Gasteiger partial charge >= 0.3 is 5.97 Å². The monoisotopic (exact) mass is 375 g/mol. The van der Waals surface area contributed by atoms with E-state index in [1.807, 2.05) is 6.07 Å². The van der Waals surface area contributed by atoms with Crippen LogP contribution in [-0.2, 0) is 24.2 Å². The Kier molecular flexibility index (Phi) is 5.46. The van der Waals surface area contributed by atoms with Crippen LogP contribution in [-0.4, -0.2) is 42.6 Å². The summed E-state index contributed by atoms with van der Waals surface area (Å²) in [5.74, 6) is -0.111. The number of nitrogens with zero attached hydrogens (tertiary/aromatic N) is 1. The minimum atomic E-state index is -1.04. The Balaban J connectivity index is 1.85. The van der Waals surface area contributed by atoms with Crippen molar-refractivity contribution in [2.75, 3.05) is 20.8 Å². The lowest BCUT2D eigenvalue weighted by atomic mass is 10.1. The third-order valence-electron chi connectivity index (χ3n) is 4.36. The first kappa shape index (κ1) is 18.3. The summed E-state index contributed by atoms with van der Waals surface area (Å²) in [6.07, 6.45) is 3.11. The van der Waals surface area contributed by atoms with Crippen molar-refractivity contribution >= 4 is 23.2 Å². The molecule has 1 aromatic heterocycles. The second-order valence-electron chi connectivity index (χ2n) is 6.19. The standard InChI is InChI=1S/C19H21NO5S/c1-24-14-6-12(7-15(9-14)25-2)10-20(11-18(21)22)19(23)17-8-13-4-3-5-16(13)26-17/h6-9H,3-5,10-11H2,1-2H3,(H,21,22). The van der Waals surface area contributed by atoms with E-state index < -0.39 is 5.97 Å². The SMILES string of the molecule is COc1cc(CN(CC(=O)O)C(=O)c2cc3c(s2)CCC3)cc(OC)c1. The van der Waals surface area contributed by atoms with Gasteiger partial charge in [-0.15, -0.1) is 11.3 Å². The zero-order valence-electron chi connectivity index (χ0n) is 14.8. The van der Waals surface area contributed by atoms with Gasteiger partial charge in [0.25, 0.3) is 5.91 Å². The highest BCUT2D eigenvalue weighted by molar-refractivity contribution is 7.14. The molecule has 6 nitrogen and oxygen atoms in total. The molecule has 26 heavy (non-hydrogen) atoms. The normalized spacial score (nSPS) is 12.5. The molecule has 1 aliphatic carbocycles. The highest BCUT2D eigenvalue weighted by atomic mass is 32.1. The maximum Gasteiger partial charge on any atom is 0.323 e. The van der Waals surface area contributed by atoms with Crippen LogP contribution < -0.4 is 9.47 Å². The lowest BCUT2D eigenvalue weighted by Gasteiger charge is -2.21. The first-order valence-electron chi connectivity index (χ1n) is 8.34. The molecule has 1 aliphatic rings. The number of fused-ring (bicyclic) bond motifs is 1. The molecule has 0 fully saturated rings. The van der Waals surface area contributed by atoms with E-state index in [0.29, 0.717) is 16.4 Å². The average Bonchev–Trinajstić information content (AvgIpc) is 3.21. The number of aryl methyl sites for hydroxylation is 2. The number of hydrogen-bond donors (Lipinski definition) is 1. The molecule has 7 heteroatoms. The zero-order chi connectivity index (χ0) is 18.7. The van der Waals surface area contributed by atoms with Gasteiger partial charge in [0.05, 0.1) is 19.1 Å². The Labute approximate surface area is 156 Å². The van der Waals surface area contributed by atoms with E-state index >= 15 is 0 Å². The highest BCUT2D eigenvalue weighted by Gasteiger charge is 2.24. The smallest absolute Gasteiger partial charge is 0.323 e. The predicted molar refractivity (Wildman–Crippen MR) is 98.3 cm³/mol. The van der Waals surface area contributed by atoms with Crippen LogP contribution in [0.5, 0.6) is 11.5 Å². The van der Waals surface area contributed by atoms with Crippen LogP contribution in [0.25, 0.3) is 0 Å². The molecule has 2 aromatic rings. The van der Waals surface area contributed by atoms with Crippen LogP contribution in [0.3, 0.4) is 0 Å². The quantitative estimate of drug-likeness (QED) is 0.805. The number of ether oxygens (including phenoxy) is 2. The first-order valence-corrected chi connectivity index (χ1v) is 9.16. The Morgan fingerprint density at radius 1 is 1.12 bits per heavy atom. The van der Waals surface area contributed by atoms with Crippen molar-refractivity contribution in [3.05, 3.63) is 45.1 Å². The zero-order valence-corrected chi connectivity index (χ0v) is 15.6. The van der Waals surface area contributed by atoms with Gasteiger partial charge < -0.3 is 19.5 Å². The molecule has 0 bridgehead atoms. The topological polar surface area (TPSA) is 76.1 Å². The van der Waals surface area contributed by atoms with Gasteiger partial charge in [-0.05, 0) is 48.6 Å². The molecule has 0 saturated heterocycles. The lowest BCUT2D eigenvalue weighted by Crippen LogP contribution is -2.34. The molecular weight excluding hydrogens is 354 g/mol. The Bertz CT molecular complexity index is 786. The van der Waals surface area contributed by atoms with Crippen molar-refractivity contribution in [3.63, 3.8) is 0 Å². The summed E-state index contributed by atoms with van der Waals surface area (Å²) in [5.41, 5.74) is 1.97. The van der Waals surface area contributed by atoms with Gasteiger partial charge in [-0.2, -0.15) is 0 Å². The van der Waals surface area contributed by atoms with Crippen LogP contribution in [0, 0.1) is 0 Å². The number of carbonyl (C=O) groups excluding carboxylic acids is 1. The molecule has 0 spiro atoms. The Morgan fingerprint density at radius 3 is 2.38 bits per heavy atom. The third-order valence-corrected chi connectivity index (χ3v) is 5.58. The molecule has 138 valence electrons. The van der Waals surface area contributed by atoms with Crippen molar-refractivity contribution < 1.29 is 24.2 Å². The van der Waals surface area contributed by atoms with E-state index in [1.54, 1.807) is 32.4 Å². The van der Waals surface area contributed by atoms with Gasteiger partial charge in [-0.25, -0.2) is 0 Å². The van der Waals surface area contributed by atoms with Crippen molar-refractivity contribution in [3.8, 4) is 11.5 Å². The van der Waals surface area contributed by atoms with Crippen molar-refractivity contribution in [2.24, 2.45) is 0 Å². The number of rotatable bonds is 7. The molecule has 0 aliphatic heterocycles. The Hall–Kier alpha value is -2.54. The number of carboxylic acid groups (broad SMARTS) is 1. The van der Waals surface area contributed by atoms with Gasteiger partial charge in [-0.1, -0.05) is 0 Å². The molecule has 1 N–H and O–H groups in total. The first-order chi connectivity index (χ1) is 12.5. The van der Waals surface area contributed by atoms with Crippen LogP contribution in [0.15, 0.2) is 24.3 Å². The van der Waals surface area contributed by atoms with Crippen LogP contribution in [0.1, 0.15) is 32.1 Å². The number of carbonyl (C=O) groups is 2. The number of thiophene rings is 1. The number of methoxy groups -OCH3 is 2. The summed E-state index contributed by atoms with van der Waals surface area (Å²) in [6.45, 7) is -0.192. The fourth-order valence-corrected chi connectivity index (χ4v) is 4.35. The van der Waals surface area contributed by atoms with Crippen molar-refractivity contribution in [1.29, 1.82) is 0 Å². The molecule has 3 rings (SSSR count). The summed E-state index contributed by atoms with van der Waals surface area (Å²) in [4.78, 5) is 27.4. The maximum atomic E-state index is 12.9. The summed E-state index contributed by atoms with van der Waals surface area (Å²) < 4.78 is 10.5. The second kappa shape index (κ2) is 7.78. The molecule has 0 atom stereocenters. The fraction of sp³-hybridized carbons (Fsp3) is 0.368. The van der Waals surface area contributed by atoms with Gasteiger partial charge in [0.2, 0.25) is 0 Å². The average molecular weight is 375 g/mol. The van der Waals surface area contributed by atoms with Gasteiger partial charge in [0.1, 0.15) is 18.0 Å². The van der Waals surface area contributed by atoms with Crippen LogP contribution in [0.2, 0.25) is 0 Å². The van der Waals surface area contributed by atoms with E-state index in [1.165, 1.54) is 26.7 Å². The number of aliphatic carboxylic acids is 1. The van der Waals surface area contributed by atoms with Crippen LogP contribution >= 0.6 is 11.3 Å². The fourth-order valence-electron chi connectivity index (χ4n) is 3.13. The second-order valence-corrected chi connectivity index (χ2v) is 7.33. The predicted octanol–water partition coefficient (Wildman–Crippen LogP) is 2.98. The van der Waals surface area contributed by atoms with E-state index in [-0.39, 0.29) is 19.0 Å². The summed E-state index contributed by atoms with van der Waals surface area (Å²) >= 11 is 1.48.